The van der Waals surface area contributed by atoms with Crippen LogP contribution in [0.1, 0.15) is 40.0 Å². The van der Waals surface area contributed by atoms with Crippen molar-refractivity contribution in [2.45, 2.75) is 57.3 Å². The Morgan fingerprint density at radius 1 is 1.03 bits per heavy atom. The first kappa shape index (κ1) is 22.4. The number of amides is 1. The first-order valence-electron chi connectivity index (χ1n) is 11.3. The van der Waals surface area contributed by atoms with Gasteiger partial charge in [0.2, 0.25) is 5.91 Å². The van der Waals surface area contributed by atoms with E-state index >= 15 is 0 Å². The number of thioether (sulfide) groups is 1. The van der Waals surface area contributed by atoms with Gasteiger partial charge in [-0.3, -0.25) is 9.36 Å². The summed E-state index contributed by atoms with van der Waals surface area (Å²) in [7, 11) is 0. The van der Waals surface area contributed by atoms with Gasteiger partial charge in [0.25, 0.3) is 0 Å². The molecule has 2 atom stereocenters. The van der Waals surface area contributed by atoms with Gasteiger partial charge in [0, 0.05) is 23.3 Å². The summed E-state index contributed by atoms with van der Waals surface area (Å²) in [5, 5.41) is 9.64. The van der Waals surface area contributed by atoms with Crippen LogP contribution in [0, 0.1) is 0 Å². The second-order valence-electron chi connectivity index (χ2n) is 8.15. The average Bonchev–Trinajstić information content (AvgIpc) is 3.23. The number of likely N-dealkylation sites (tertiary alicyclic amines) is 1. The minimum Gasteiger partial charge on any atom is -0.494 e. The molecule has 0 N–H and O–H groups in total. The zero-order chi connectivity index (χ0) is 22.5. The lowest BCUT2D eigenvalue weighted by atomic mass is 9.98. The highest BCUT2D eigenvalue weighted by Crippen LogP contribution is 2.30. The smallest absolute Gasteiger partial charge is 0.233 e. The molecule has 0 spiro atoms. The van der Waals surface area contributed by atoms with Crippen LogP contribution in [0.5, 0.6) is 5.75 Å². The van der Waals surface area contributed by atoms with Crippen molar-refractivity contribution >= 4 is 17.7 Å². The van der Waals surface area contributed by atoms with E-state index in [2.05, 4.69) is 24.0 Å². The maximum Gasteiger partial charge on any atom is 0.233 e. The van der Waals surface area contributed by atoms with Gasteiger partial charge in [0.05, 0.1) is 12.4 Å². The number of carbonyl (C=O) groups is 1. The fourth-order valence-corrected chi connectivity index (χ4v) is 5.16. The van der Waals surface area contributed by atoms with Crippen molar-refractivity contribution in [3.63, 3.8) is 0 Å². The molecule has 0 radical (unpaired) electrons. The van der Waals surface area contributed by atoms with Crippen LogP contribution >= 0.6 is 11.8 Å². The predicted octanol–water partition coefficient (Wildman–Crippen LogP) is 5.21. The van der Waals surface area contributed by atoms with E-state index in [0.717, 1.165) is 35.7 Å². The lowest BCUT2D eigenvalue weighted by Gasteiger charge is -2.39. The molecule has 1 fully saturated rings. The van der Waals surface area contributed by atoms with Crippen LogP contribution in [0.4, 0.5) is 0 Å². The Hall–Kier alpha value is -2.80. The van der Waals surface area contributed by atoms with Crippen LogP contribution in [-0.4, -0.2) is 50.0 Å². The van der Waals surface area contributed by atoms with Gasteiger partial charge in [-0.15, -0.1) is 10.2 Å². The highest BCUT2D eigenvalue weighted by molar-refractivity contribution is 7.99. The normalized spacial score (nSPS) is 18.5. The van der Waals surface area contributed by atoms with Gasteiger partial charge in [-0.1, -0.05) is 42.1 Å². The van der Waals surface area contributed by atoms with Gasteiger partial charge in [-0.2, -0.15) is 0 Å². The molecular weight excluding hydrogens is 420 g/mol. The average molecular weight is 451 g/mol. The van der Waals surface area contributed by atoms with Gasteiger partial charge in [0.15, 0.2) is 11.0 Å². The second kappa shape index (κ2) is 10.2. The molecule has 1 saturated heterocycles. The Kier molecular flexibility index (Phi) is 7.15. The Balaban J connectivity index is 1.62. The molecule has 1 aliphatic rings. The zero-order valence-electron chi connectivity index (χ0n) is 18.9. The number of carbonyl (C=O) groups excluding carboxylic acids is 1. The summed E-state index contributed by atoms with van der Waals surface area (Å²) in [5.41, 5.74) is 1.91. The molecule has 2 heterocycles. The van der Waals surface area contributed by atoms with E-state index < -0.39 is 0 Å². The summed E-state index contributed by atoms with van der Waals surface area (Å²) < 4.78 is 7.61. The third kappa shape index (κ3) is 4.83. The molecule has 1 aromatic heterocycles. The Morgan fingerprint density at radius 3 is 2.38 bits per heavy atom. The minimum absolute atomic E-state index is 0.164. The SMILES string of the molecule is CCOc1ccc(-n2c(SCC(=O)N3[C@H](C)CCC[C@H]3C)nnc2-c2ccccc2)cc1. The summed E-state index contributed by atoms with van der Waals surface area (Å²) in [4.78, 5) is 15.1. The number of benzene rings is 2. The van der Waals surface area contributed by atoms with Crippen molar-refractivity contribution in [2.75, 3.05) is 12.4 Å². The monoisotopic (exact) mass is 450 g/mol. The molecule has 1 amide bonds. The van der Waals surface area contributed by atoms with Gasteiger partial charge in [0.1, 0.15) is 5.75 Å². The maximum atomic E-state index is 13.1. The number of hydrogen-bond acceptors (Lipinski definition) is 5. The standard InChI is InChI=1S/C25H30N4O2S/c1-4-31-22-15-13-21(14-16-22)29-24(20-11-6-5-7-12-20)26-27-25(29)32-17-23(30)28-18(2)9-8-10-19(28)3/h5-7,11-16,18-19H,4,8-10,17H2,1-3H3/t18-,19-/m1/s1. The van der Waals surface area contributed by atoms with E-state index in [9.17, 15) is 4.79 Å². The quantitative estimate of drug-likeness (QED) is 0.462. The van der Waals surface area contributed by atoms with Crippen LogP contribution in [0.2, 0.25) is 0 Å². The van der Waals surface area contributed by atoms with E-state index in [4.69, 9.17) is 4.74 Å². The number of hydrogen-bond donors (Lipinski definition) is 0. The van der Waals surface area contributed by atoms with E-state index in [1.165, 1.54) is 18.2 Å². The lowest BCUT2D eigenvalue weighted by molar-refractivity contribution is -0.134. The third-order valence-electron chi connectivity index (χ3n) is 5.88. The highest BCUT2D eigenvalue weighted by Gasteiger charge is 2.29. The molecule has 3 aromatic rings. The number of nitrogens with zero attached hydrogens (tertiary/aromatic N) is 4. The van der Waals surface area contributed by atoms with Gasteiger partial charge >= 0.3 is 0 Å². The Labute approximate surface area is 194 Å². The van der Waals surface area contributed by atoms with Crippen molar-refractivity contribution in [2.24, 2.45) is 0 Å². The van der Waals surface area contributed by atoms with Crippen molar-refractivity contribution in [3.05, 3.63) is 54.6 Å². The van der Waals surface area contributed by atoms with Crippen LogP contribution in [0.25, 0.3) is 17.1 Å². The molecule has 1 aliphatic heterocycles. The molecule has 0 bridgehead atoms. The number of piperidine rings is 1. The largest absolute Gasteiger partial charge is 0.494 e. The molecule has 2 aromatic carbocycles. The predicted molar refractivity (Wildman–Crippen MR) is 128 cm³/mol. The van der Waals surface area contributed by atoms with Crippen molar-refractivity contribution in [3.8, 4) is 22.8 Å². The first-order chi connectivity index (χ1) is 15.6. The maximum absolute atomic E-state index is 13.1. The van der Waals surface area contributed by atoms with E-state index in [-0.39, 0.29) is 18.0 Å². The fraction of sp³-hybridized carbons (Fsp3) is 0.400. The van der Waals surface area contributed by atoms with Crippen LogP contribution in [-0.2, 0) is 4.79 Å². The Bertz CT molecular complexity index is 1030. The molecule has 6 nitrogen and oxygen atoms in total. The molecule has 7 heteroatoms. The lowest BCUT2D eigenvalue weighted by Crippen LogP contribution is -2.48. The van der Waals surface area contributed by atoms with Gasteiger partial charge < -0.3 is 9.64 Å². The summed E-state index contributed by atoms with van der Waals surface area (Å²) >= 11 is 1.44. The molecule has 0 saturated carbocycles. The van der Waals surface area contributed by atoms with Crippen LogP contribution < -0.4 is 4.74 Å². The van der Waals surface area contributed by atoms with Crippen molar-refractivity contribution < 1.29 is 9.53 Å². The Morgan fingerprint density at radius 2 is 1.72 bits per heavy atom. The number of ether oxygens (including phenoxy) is 1. The van der Waals surface area contributed by atoms with Gasteiger partial charge in [-0.25, -0.2) is 0 Å². The van der Waals surface area contributed by atoms with Crippen molar-refractivity contribution in [1.82, 2.24) is 19.7 Å². The second-order valence-corrected chi connectivity index (χ2v) is 9.10. The van der Waals surface area contributed by atoms with Gasteiger partial charge in [-0.05, 0) is 64.3 Å². The van der Waals surface area contributed by atoms with Crippen LogP contribution in [0.15, 0.2) is 59.8 Å². The highest BCUT2D eigenvalue weighted by atomic mass is 32.2. The van der Waals surface area contributed by atoms with Crippen molar-refractivity contribution in [1.29, 1.82) is 0 Å². The third-order valence-corrected chi connectivity index (χ3v) is 6.79. The van der Waals surface area contributed by atoms with E-state index in [0.29, 0.717) is 17.5 Å². The number of aromatic nitrogens is 3. The number of rotatable bonds is 7. The minimum atomic E-state index is 0.164. The zero-order valence-corrected chi connectivity index (χ0v) is 19.7. The summed E-state index contributed by atoms with van der Waals surface area (Å²) in [5.74, 6) is 2.09. The molecular formula is C25H30N4O2S. The molecule has 4 rings (SSSR count). The van der Waals surface area contributed by atoms with E-state index in [1.807, 2.05) is 71.0 Å². The summed E-state index contributed by atoms with van der Waals surface area (Å²) in [6.45, 7) is 6.89. The summed E-state index contributed by atoms with van der Waals surface area (Å²) in [6, 6.07) is 18.5. The summed E-state index contributed by atoms with van der Waals surface area (Å²) in [6.07, 6.45) is 3.33. The molecule has 32 heavy (non-hydrogen) atoms. The topological polar surface area (TPSA) is 60.2 Å². The molecule has 0 unspecified atom stereocenters. The fourth-order valence-electron chi connectivity index (χ4n) is 4.34. The first-order valence-corrected chi connectivity index (χ1v) is 12.2. The molecule has 168 valence electrons. The van der Waals surface area contributed by atoms with E-state index in [1.54, 1.807) is 0 Å². The van der Waals surface area contributed by atoms with Crippen LogP contribution in [0.3, 0.4) is 0 Å². The molecule has 0 aliphatic carbocycles.